The summed E-state index contributed by atoms with van der Waals surface area (Å²) in [6.45, 7) is 2.39. The Morgan fingerprint density at radius 3 is 2.79 bits per heavy atom. The van der Waals surface area contributed by atoms with E-state index >= 15 is 0 Å². The van der Waals surface area contributed by atoms with E-state index in [1.807, 2.05) is 31.2 Å². The molecule has 78 valence electrons. The number of hydrogen-bond donors (Lipinski definition) is 2. The SMILES string of the molecule is COc1cccc(C(O)C(C)CN)c1. The molecule has 0 spiro atoms. The van der Waals surface area contributed by atoms with Gasteiger partial charge in [0.1, 0.15) is 5.75 Å². The van der Waals surface area contributed by atoms with Crippen molar-refractivity contribution >= 4 is 0 Å². The summed E-state index contributed by atoms with van der Waals surface area (Å²) < 4.78 is 5.08. The zero-order valence-electron chi connectivity index (χ0n) is 8.60. The van der Waals surface area contributed by atoms with Crippen LogP contribution < -0.4 is 10.5 Å². The van der Waals surface area contributed by atoms with Crippen LogP contribution in [0.2, 0.25) is 0 Å². The number of aliphatic hydroxyl groups excluding tert-OH is 1. The Balaban J connectivity index is 2.83. The minimum Gasteiger partial charge on any atom is -0.497 e. The van der Waals surface area contributed by atoms with Crippen molar-refractivity contribution in [3.63, 3.8) is 0 Å². The minimum absolute atomic E-state index is 0.0575. The summed E-state index contributed by atoms with van der Waals surface area (Å²) in [5.41, 5.74) is 6.34. The highest BCUT2D eigenvalue weighted by molar-refractivity contribution is 5.30. The van der Waals surface area contributed by atoms with Crippen LogP contribution >= 0.6 is 0 Å². The smallest absolute Gasteiger partial charge is 0.119 e. The maximum Gasteiger partial charge on any atom is 0.119 e. The summed E-state index contributed by atoms with van der Waals surface area (Å²) >= 11 is 0. The van der Waals surface area contributed by atoms with Crippen molar-refractivity contribution in [1.82, 2.24) is 0 Å². The molecule has 0 amide bonds. The van der Waals surface area contributed by atoms with Gasteiger partial charge in [0.05, 0.1) is 13.2 Å². The van der Waals surface area contributed by atoms with Crippen LogP contribution in [-0.4, -0.2) is 18.8 Å². The number of hydrogen-bond acceptors (Lipinski definition) is 3. The molecule has 0 bridgehead atoms. The van der Waals surface area contributed by atoms with E-state index in [1.165, 1.54) is 0 Å². The quantitative estimate of drug-likeness (QED) is 0.762. The normalized spacial score (nSPS) is 14.9. The fourth-order valence-electron chi connectivity index (χ4n) is 1.28. The summed E-state index contributed by atoms with van der Waals surface area (Å²) in [6, 6.07) is 7.42. The maximum absolute atomic E-state index is 9.87. The van der Waals surface area contributed by atoms with Crippen molar-refractivity contribution in [1.29, 1.82) is 0 Å². The van der Waals surface area contributed by atoms with Gasteiger partial charge in [-0.05, 0) is 30.2 Å². The number of nitrogens with two attached hydrogens (primary N) is 1. The molecule has 1 aromatic rings. The van der Waals surface area contributed by atoms with Crippen molar-refractivity contribution in [2.24, 2.45) is 11.7 Å². The average Bonchev–Trinajstić information content (AvgIpc) is 2.27. The molecule has 2 atom stereocenters. The number of rotatable bonds is 4. The highest BCUT2D eigenvalue weighted by atomic mass is 16.5. The molecule has 0 aliphatic rings. The Kier molecular flexibility index (Phi) is 3.92. The molecule has 2 unspecified atom stereocenters. The zero-order chi connectivity index (χ0) is 10.6. The van der Waals surface area contributed by atoms with E-state index in [-0.39, 0.29) is 5.92 Å². The van der Waals surface area contributed by atoms with Crippen LogP contribution in [0.25, 0.3) is 0 Å². The molecule has 0 aromatic heterocycles. The highest BCUT2D eigenvalue weighted by Gasteiger charge is 2.14. The van der Waals surface area contributed by atoms with Gasteiger partial charge in [0.15, 0.2) is 0 Å². The molecule has 0 saturated heterocycles. The molecular weight excluding hydrogens is 178 g/mol. The molecule has 1 rings (SSSR count). The average molecular weight is 195 g/mol. The molecule has 3 N–H and O–H groups in total. The molecule has 0 fully saturated rings. The number of methoxy groups -OCH3 is 1. The van der Waals surface area contributed by atoms with Crippen LogP contribution in [-0.2, 0) is 0 Å². The standard InChI is InChI=1S/C11H17NO2/c1-8(7-12)11(13)9-4-3-5-10(6-9)14-2/h3-6,8,11,13H,7,12H2,1-2H3. The molecular formula is C11H17NO2. The van der Waals surface area contributed by atoms with E-state index < -0.39 is 6.10 Å². The predicted octanol–water partition coefficient (Wildman–Crippen LogP) is 1.32. The van der Waals surface area contributed by atoms with Crippen molar-refractivity contribution < 1.29 is 9.84 Å². The molecule has 0 aliphatic heterocycles. The van der Waals surface area contributed by atoms with E-state index in [2.05, 4.69) is 0 Å². The first-order chi connectivity index (χ1) is 6.69. The largest absolute Gasteiger partial charge is 0.497 e. The van der Waals surface area contributed by atoms with Crippen LogP contribution in [0, 0.1) is 5.92 Å². The predicted molar refractivity (Wildman–Crippen MR) is 56.2 cm³/mol. The van der Waals surface area contributed by atoms with E-state index in [0.717, 1.165) is 11.3 Å². The van der Waals surface area contributed by atoms with Crippen molar-refractivity contribution in [3.05, 3.63) is 29.8 Å². The fraction of sp³-hybridized carbons (Fsp3) is 0.455. The Morgan fingerprint density at radius 1 is 1.50 bits per heavy atom. The lowest BCUT2D eigenvalue weighted by Gasteiger charge is -2.17. The first-order valence-electron chi connectivity index (χ1n) is 4.71. The summed E-state index contributed by atoms with van der Waals surface area (Å²) in [5, 5.41) is 9.87. The maximum atomic E-state index is 9.87. The fourth-order valence-corrected chi connectivity index (χ4v) is 1.28. The van der Waals surface area contributed by atoms with Gasteiger partial charge in [0.25, 0.3) is 0 Å². The van der Waals surface area contributed by atoms with Crippen molar-refractivity contribution in [2.45, 2.75) is 13.0 Å². The monoisotopic (exact) mass is 195 g/mol. The molecule has 3 heteroatoms. The molecule has 0 saturated carbocycles. The zero-order valence-corrected chi connectivity index (χ0v) is 8.60. The van der Waals surface area contributed by atoms with E-state index in [0.29, 0.717) is 6.54 Å². The molecule has 0 radical (unpaired) electrons. The van der Waals surface area contributed by atoms with Gasteiger partial charge < -0.3 is 15.6 Å². The number of ether oxygens (including phenoxy) is 1. The van der Waals surface area contributed by atoms with E-state index in [9.17, 15) is 5.11 Å². The Labute approximate surface area is 84.5 Å². The summed E-state index contributed by atoms with van der Waals surface area (Å²) in [6.07, 6.45) is -0.518. The summed E-state index contributed by atoms with van der Waals surface area (Å²) in [5.74, 6) is 0.813. The number of benzene rings is 1. The van der Waals surface area contributed by atoms with Gasteiger partial charge in [-0.2, -0.15) is 0 Å². The molecule has 0 heterocycles. The molecule has 3 nitrogen and oxygen atoms in total. The lowest BCUT2D eigenvalue weighted by Crippen LogP contribution is -2.18. The molecule has 14 heavy (non-hydrogen) atoms. The van der Waals surface area contributed by atoms with Crippen LogP contribution in [0.15, 0.2) is 24.3 Å². The first kappa shape index (κ1) is 11.0. The summed E-state index contributed by atoms with van der Waals surface area (Å²) in [7, 11) is 1.61. The van der Waals surface area contributed by atoms with Gasteiger partial charge in [0, 0.05) is 0 Å². The molecule has 0 aliphatic carbocycles. The first-order valence-corrected chi connectivity index (χ1v) is 4.71. The summed E-state index contributed by atoms with van der Waals surface area (Å²) in [4.78, 5) is 0. The third kappa shape index (κ3) is 2.47. The minimum atomic E-state index is -0.518. The van der Waals surface area contributed by atoms with E-state index in [4.69, 9.17) is 10.5 Å². The molecule has 1 aromatic carbocycles. The van der Waals surface area contributed by atoms with Crippen LogP contribution in [0.5, 0.6) is 5.75 Å². The highest BCUT2D eigenvalue weighted by Crippen LogP contribution is 2.24. The van der Waals surface area contributed by atoms with Crippen molar-refractivity contribution in [3.8, 4) is 5.75 Å². The van der Waals surface area contributed by atoms with Gasteiger partial charge in [-0.3, -0.25) is 0 Å². The van der Waals surface area contributed by atoms with Gasteiger partial charge in [0.2, 0.25) is 0 Å². The van der Waals surface area contributed by atoms with Gasteiger partial charge in [-0.15, -0.1) is 0 Å². The van der Waals surface area contributed by atoms with Crippen LogP contribution in [0.4, 0.5) is 0 Å². The topological polar surface area (TPSA) is 55.5 Å². The van der Waals surface area contributed by atoms with E-state index in [1.54, 1.807) is 7.11 Å². The lowest BCUT2D eigenvalue weighted by atomic mass is 9.97. The second-order valence-electron chi connectivity index (χ2n) is 3.43. The van der Waals surface area contributed by atoms with Crippen molar-refractivity contribution in [2.75, 3.05) is 13.7 Å². The third-order valence-corrected chi connectivity index (χ3v) is 2.35. The second kappa shape index (κ2) is 4.98. The Hall–Kier alpha value is -1.06. The van der Waals surface area contributed by atoms with Gasteiger partial charge in [-0.25, -0.2) is 0 Å². The van der Waals surface area contributed by atoms with Crippen LogP contribution in [0.1, 0.15) is 18.6 Å². The van der Waals surface area contributed by atoms with Gasteiger partial charge >= 0.3 is 0 Å². The number of aliphatic hydroxyl groups is 1. The third-order valence-electron chi connectivity index (χ3n) is 2.35. The Bertz CT molecular complexity index is 288. The van der Waals surface area contributed by atoms with Crippen LogP contribution in [0.3, 0.4) is 0 Å². The Morgan fingerprint density at radius 2 is 2.21 bits per heavy atom. The second-order valence-corrected chi connectivity index (χ2v) is 3.43. The lowest BCUT2D eigenvalue weighted by molar-refractivity contribution is 0.121. The van der Waals surface area contributed by atoms with Gasteiger partial charge in [-0.1, -0.05) is 19.1 Å².